The zero-order valence-electron chi connectivity index (χ0n) is 20.3. The molecule has 180 valence electrons. The lowest BCUT2D eigenvalue weighted by Crippen LogP contribution is -2.39. The molecular formula is C27H31FN2O2S2. The van der Waals surface area contributed by atoms with Gasteiger partial charge in [0.15, 0.2) is 5.78 Å². The average molecular weight is 499 g/mol. The van der Waals surface area contributed by atoms with Crippen molar-refractivity contribution in [2.75, 3.05) is 11.1 Å². The number of amides is 1. The van der Waals surface area contributed by atoms with Crippen LogP contribution < -0.4 is 10.6 Å². The third kappa shape index (κ3) is 4.86. The number of rotatable bonds is 6. The highest BCUT2D eigenvalue weighted by atomic mass is 32.2. The Labute approximate surface area is 209 Å². The number of carbonyl (C=O) groups is 2. The summed E-state index contributed by atoms with van der Waals surface area (Å²) in [5.41, 5.74) is 4.16. The number of aryl methyl sites for hydroxylation is 1. The smallest absolute Gasteiger partial charge is 0.254 e. The van der Waals surface area contributed by atoms with Crippen molar-refractivity contribution in [1.29, 1.82) is 0 Å². The van der Waals surface area contributed by atoms with Crippen LogP contribution in [-0.2, 0) is 16.0 Å². The second-order valence-corrected chi connectivity index (χ2v) is 12.3. The molecule has 2 heterocycles. The summed E-state index contributed by atoms with van der Waals surface area (Å²) >= 11 is 3.50. The van der Waals surface area contributed by atoms with Crippen molar-refractivity contribution in [1.82, 2.24) is 5.32 Å². The highest BCUT2D eigenvalue weighted by Crippen LogP contribution is 2.50. The van der Waals surface area contributed by atoms with Crippen molar-refractivity contribution in [3.8, 4) is 0 Å². The molecule has 0 saturated carbocycles. The number of benzene rings is 1. The van der Waals surface area contributed by atoms with Crippen LogP contribution in [0.2, 0.25) is 0 Å². The minimum Gasteiger partial charge on any atom is -0.362 e. The lowest BCUT2D eigenvalue weighted by molar-refractivity contribution is -0.118. The third-order valence-corrected chi connectivity index (χ3v) is 8.76. The molecule has 0 saturated heterocycles. The minimum atomic E-state index is -0.445. The Morgan fingerprint density at radius 3 is 2.71 bits per heavy atom. The lowest BCUT2D eigenvalue weighted by atomic mass is 9.69. The topological polar surface area (TPSA) is 58.2 Å². The first kappa shape index (κ1) is 24.7. The van der Waals surface area contributed by atoms with Crippen molar-refractivity contribution >= 4 is 40.5 Å². The standard InChI is InChI=1S/C27H31FN2O2S2/c1-6-18-12-19(26(34-18)33-7-2)23-22(25(32)30-17-10-8-9-16(28)11-17)15(3)29-20-13-27(4,5)14-21(31)24(20)23/h8-12,23,29H,6-7,13-14H2,1-5H3,(H,30,32)/t23-/m0/s1. The van der Waals surface area contributed by atoms with Gasteiger partial charge in [-0.2, -0.15) is 0 Å². The summed E-state index contributed by atoms with van der Waals surface area (Å²) < 4.78 is 14.9. The summed E-state index contributed by atoms with van der Waals surface area (Å²) in [6, 6.07) is 8.05. The van der Waals surface area contributed by atoms with Crippen LogP contribution >= 0.6 is 23.1 Å². The molecule has 0 fully saturated rings. The molecule has 0 unspecified atom stereocenters. The summed E-state index contributed by atoms with van der Waals surface area (Å²) in [4.78, 5) is 28.4. The number of hydrogen-bond donors (Lipinski definition) is 2. The quantitative estimate of drug-likeness (QED) is 0.430. The van der Waals surface area contributed by atoms with Gasteiger partial charge in [0.1, 0.15) is 5.82 Å². The summed E-state index contributed by atoms with van der Waals surface area (Å²) in [7, 11) is 0. The second-order valence-electron chi connectivity index (χ2n) is 9.64. The number of hydrogen-bond acceptors (Lipinski definition) is 5. The largest absolute Gasteiger partial charge is 0.362 e. The van der Waals surface area contributed by atoms with Gasteiger partial charge in [0.2, 0.25) is 0 Å². The number of thioether (sulfide) groups is 1. The van der Waals surface area contributed by atoms with Gasteiger partial charge in [0.05, 0.1) is 4.21 Å². The van der Waals surface area contributed by atoms with E-state index in [1.807, 2.05) is 6.92 Å². The molecule has 4 nitrogen and oxygen atoms in total. The Balaban J connectivity index is 1.86. The number of allylic oxidation sites excluding steroid dienone is 3. The first-order valence-corrected chi connectivity index (χ1v) is 13.5. The molecule has 2 aromatic rings. The number of ketones is 1. The molecule has 1 aromatic carbocycles. The molecule has 1 aliphatic carbocycles. The maximum Gasteiger partial charge on any atom is 0.254 e. The van der Waals surface area contributed by atoms with Gasteiger partial charge in [0, 0.05) is 45.4 Å². The van der Waals surface area contributed by atoms with Crippen molar-refractivity contribution in [2.45, 2.75) is 64.0 Å². The van der Waals surface area contributed by atoms with E-state index in [1.165, 1.54) is 17.0 Å². The molecule has 0 bridgehead atoms. The van der Waals surface area contributed by atoms with Crippen LogP contribution in [0.5, 0.6) is 0 Å². The number of nitrogens with one attached hydrogen (secondary N) is 2. The molecule has 1 aromatic heterocycles. The maximum absolute atomic E-state index is 13.8. The molecule has 1 aliphatic heterocycles. The highest BCUT2D eigenvalue weighted by molar-refractivity contribution is 8.01. The SMILES string of the molecule is CCSc1sc(CC)cc1[C@H]1C(C(=O)Nc2cccc(F)c2)=C(C)NC2=C1C(=O)CC(C)(C)C2. The fourth-order valence-electron chi connectivity index (χ4n) is 4.87. The maximum atomic E-state index is 13.8. The number of halogens is 1. The predicted molar refractivity (Wildman–Crippen MR) is 139 cm³/mol. The van der Waals surface area contributed by atoms with Crippen molar-refractivity contribution in [3.63, 3.8) is 0 Å². The molecule has 0 radical (unpaired) electrons. The molecule has 34 heavy (non-hydrogen) atoms. The van der Waals surface area contributed by atoms with E-state index < -0.39 is 11.7 Å². The molecule has 1 amide bonds. The van der Waals surface area contributed by atoms with Crippen LogP contribution in [0.25, 0.3) is 0 Å². The van der Waals surface area contributed by atoms with E-state index in [2.05, 4.69) is 44.4 Å². The Kier molecular flexibility index (Phi) is 7.06. The van der Waals surface area contributed by atoms with Gasteiger partial charge in [-0.1, -0.05) is 33.8 Å². The summed E-state index contributed by atoms with van der Waals surface area (Å²) in [6.07, 6.45) is 2.10. The third-order valence-electron chi connectivity index (χ3n) is 6.28. The van der Waals surface area contributed by atoms with E-state index in [9.17, 15) is 14.0 Å². The normalized spacial score (nSPS) is 19.7. The van der Waals surface area contributed by atoms with Crippen molar-refractivity contribution in [3.05, 3.63) is 69.1 Å². The number of anilines is 1. The van der Waals surface area contributed by atoms with Gasteiger partial charge in [-0.05, 0) is 60.8 Å². The van der Waals surface area contributed by atoms with Crippen LogP contribution in [0.3, 0.4) is 0 Å². The van der Waals surface area contributed by atoms with E-state index in [1.54, 1.807) is 35.2 Å². The van der Waals surface area contributed by atoms with Crippen LogP contribution in [0.1, 0.15) is 63.8 Å². The summed E-state index contributed by atoms with van der Waals surface area (Å²) in [5, 5.41) is 6.27. The second kappa shape index (κ2) is 9.70. The van der Waals surface area contributed by atoms with Gasteiger partial charge in [0.25, 0.3) is 5.91 Å². The van der Waals surface area contributed by atoms with E-state index >= 15 is 0 Å². The Hall–Kier alpha value is -2.38. The predicted octanol–water partition coefficient (Wildman–Crippen LogP) is 6.80. The first-order valence-electron chi connectivity index (χ1n) is 11.7. The molecule has 1 atom stereocenters. The Bertz CT molecular complexity index is 1210. The average Bonchev–Trinajstić information content (AvgIpc) is 3.14. The lowest BCUT2D eigenvalue weighted by Gasteiger charge is -2.39. The fraction of sp³-hybridized carbons (Fsp3) is 0.407. The summed E-state index contributed by atoms with van der Waals surface area (Å²) in [6.45, 7) is 10.3. The minimum absolute atomic E-state index is 0.0870. The zero-order valence-corrected chi connectivity index (χ0v) is 21.9. The Morgan fingerprint density at radius 2 is 2.03 bits per heavy atom. The van der Waals surface area contributed by atoms with Gasteiger partial charge < -0.3 is 10.6 Å². The number of Topliss-reactive ketones (excluding diaryl/α,β-unsaturated/α-hetero) is 1. The molecule has 2 aliphatic rings. The highest BCUT2D eigenvalue weighted by Gasteiger charge is 2.43. The number of thiophene rings is 1. The van der Waals surface area contributed by atoms with Gasteiger partial charge in [-0.25, -0.2) is 4.39 Å². The van der Waals surface area contributed by atoms with Gasteiger partial charge in [-0.3, -0.25) is 9.59 Å². The van der Waals surface area contributed by atoms with E-state index in [0.717, 1.165) is 39.8 Å². The molecule has 2 N–H and O–H groups in total. The van der Waals surface area contributed by atoms with E-state index in [-0.39, 0.29) is 17.1 Å². The van der Waals surface area contributed by atoms with E-state index in [0.29, 0.717) is 23.3 Å². The molecular weight excluding hydrogens is 467 g/mol. The van der Waals surface area contributed by atoms with Crippen LogP contribution in [-0.4, -0.2) is 17.4 Å². The molecule has 4 rings (SSSR count). The van der Waals surface area contributed by atoms with Crippen molar-refractivity contribution in [2.24, 2.45) is 5.41 Å². The number of carbonyl (C=O) groups excluding carboxylic acids is 2. The van der Waals surface area contributed by atoms with Crippen LogP contribution in [0.4, 0.5) is 10.1 Å². The molecule has 0 spiro atoms. The van der Waals surface area contributed by atoms with Crippen LogP contribution in [0, 0.1) is 11.2 Å². The summed E-state index contributed by atoms with van der Waals surface area (Å²) in [5.74, 6) is -0.185. The fourth-order valence-corrected chi connectivity index (χ4v) is 7.25. The number of dihydropyridines is 1. The van der Waals surface area contributed by atoms with Crippen LogP contribution in [0.15, 0.2) is 57.1 Å². The Morgan fingerprint density at radius 1 is 1.26 bits per heavy atom. The molecule has 7 heteroatoms. The van der Waals surface area contributed by atoms with Gasteiger partial charge in [-0.15, -0.1) is 23.1 Å². The van der Waals surface area contributed by atoms with E-state index in [4.69, 9.17) is 0 Å². The zero-order chi connectivity index (χ0) is 24.6. The van der Waals surface area contributed by atoms with Gasteiger partial charge >= 0.3 is 0 Å². The monoisotopic (exact) mass is 498 g/mol. The van der Waals surface area contributed by atoms with Crippen molar-refractivity contribution < 1.29 is 14.0 Å². The first-order chi connectivity index (χ1) is 16.1.